The lowest BCUT2D eigenvalue weighted by atomic mass is 10.2. The van der Waals surface area contributed by atoms with Crippen LogP contribution in [-0.4, -0.2) is 20.5 Å². The quantitative estimate of drug-likeness (QED) is 0.824. The lowest BCUT2D eigenvalue weighted by Gasteiger charge is -1.96. The number of imidazole rings is 1. The van der Waals surface area contributed by atoms with Gasteiger partial charge >= 0.3 is 5.97 Å². The van der Waals surface area contributed by atoms with Crippen molar-refractivity contribution in [1.29, 1.82) is 0 Å². The Morgan fingerprint density at radius 1 is 1.71 bits per heavy atom. The first-order chi connectivity index (χ1) is 6.65. The zero-order chi connectivity index (χ0) is 10.3. The number of aryl methyl sites for hydroxylation is 2. The topological polar surface area (TPSA) is 54.6 Å². The molecular formula is C9H10N2O2S. The summed E-state index contributed by atoms with van der Waals surface area (Å²) in [6.07, 6.45) is 0.648. The summed E-state index contributed by atoms with van der Waals surface area (Å²) in [5.74, 6) is -0.907. The van der Waals surface area contributed by atoms with Gasteiger partial charge in [0.15, 0.2) is 10.7 Å². The van der Waals surface area contributed by atoms with Gasteiger partial charge in [0, 0.05) is 11.1 Å². The summed E-state index contributed by atoms with van der Waals surface area (Å²) in [7, 11) is 0. The molecule has 0 saturated carbocycles. The number of rotatable bonds is 2. The Hall–Kier alpha value is -1.36. The average molecular weight is 210 g/mol. The third-order valence-electron chi connectivity index (χ3n) is 2.14. The van der Waals surface area contributed by atoms with Crippen molar-refractivity contribution in [1.82, 2.24) is 9.38 Å². The van der Waals surface area contributed by atoms with Gasteiger partial charge < -0.3 is 5.11 Å². The van der Waals surface area contributed by atoms with Gasteiger partial charge in [-0.1, -0.05) is 6.92 Å². The third-order valence-corrected chi connectivity index (χ3v) is 3.09. The molecule has 0 fully saturated rings. The highest BCUT2D eigenvalue weighted by molar-refractivity contribution is 7.15. The van der Waals surface area contributed by atoms with Crippen LogP contribution in [0.2, 0.25) is 0 Å². The number of carboxylic acid groups (broad SMARTS) is 1. The van der Waals surface area contributed by atoms with Crippen molar-refractivity contribution in [2.24, 2.45) is 0 Å². The number of hydrogen-bond donors (Lipinski definition) is 1. The van der Waals surface area contributed by atoms with E-state index in [-0.39, 0.29) is 0 Å². The van der Waals surface area contributed by atoms with Crippen LogP contribution in [-0.2, 0) is 6.42 Å². The number of carboxylic acids is 1. The van der Waals surface area contributed by atoms with E-state index in [9.17, 15) is 4.79 Å². The molecule has 0 amide bonds. The Balaban J connectivity index is 2.83. The molecule has 0 aliphatic rings. The minimum atomic E-state index is -0.907. The molecule has 0 spiro atoms. The Kier molecular flexibility index (Phi) is 2.03. The smallest absolute Gasteiger partial charge is 0.354 e. The molecular weight excluding hydrogens is 200 g/mol. The van der Waals surface area contributed by atoms with Gasteiger partial charge in [-0.3, -0.25) is 4.40 Å². The van der Waals surface area contributed by atoms with E-state index in [1.807, 2.05) is 19.2 Å². The number of fused-ring (bicyclic) bond motifs is 1. The fourth-order valence-corrected chi connectivity index (χ4v) is 2.39. The van der Waals surface area contributed by atoms with Crippen LogP contribution in [0.15, 0.2) is 5.38 Å². The molecule has 5 heteroatoms. The molecule has 0 unspecified atom stereocenters. The molecule has 2 heterocycles. The molecule has 2 aromatic rings. The maximum atomic E-state index is 11.0. The van der Waals surface area contributed by atoms with Gasteiger partial charge in [0.1, 0.15) is 0 Å². The first kappa shape index (κ1) is 9.21. The van der Waals surface area contributed by atoms with Crippen LogP contribution in [0.25, 0.3) is 4.96 Å². The highest BCUT2D eigenvalue weighted by atomic mass is 32.1. The van der Waals surface area contributed by atoms with Crippen molar-refractivity contribution < 1.29 is 9.90 Å². The van der Waals surface area contributed by atoms with Gasteiger partial charge in [0.05, 0.1) is 5.69 Å². The fraction of sp³-hybridized carbons (Fsp3) is 0.333. The molecule has 0 aliphatic carbocycles. The highest BCUT2D eigenvalue weighted by Crippen LogP contribution is 2.21. The lowest BCUT2D eigenvalue weighted by Crippen LogP contribution is -2.05. The van der Waals surface area contributed by atoms with Gasteiger partial charge in [-0.25, -0.2) is 9.78 Å². The number of hydrogen-bond acceptors (Lipinski definition) is 3. The zero-order valence-corrected chi connectivity index (χ0v) is 8.76. The molecule has 1 N–H and O–H groups in total. The maximum Gasteiger partial charge on any atom is 0.354 e. The number of thiazole rings is 1. The average Bonchev–Trinajstić information content (AvgIpc) is 2.65. The van der Waals surface area contributed by atoms with E-state index in [1.165, 1.54) is 11.3 Å². The second kappa shape index (κ2) is 3.09. The van der Waals surface area contributed by atoms with Crippen LogP contribution >= 0.6 is 11.3 Å². The monoisotopic (exact) mass is 210 g/mol. The minimum Gasteiger partial charge on any atom is -0.477 e. The molecule has 0 atom stereocenters. The summed E-state index contributed by atoms with van der Waals surface area (Å²) < 4.78 is 1.70. The standard InChI is InChI=1S/C9H10N2O2S/c1-3-6-7(8(12)13)11-5(2)4-14-9(11)10-6/h4H,3H2,1-2H3,(H,12,13). The van der Waals surface area contributed by atoms with Crippen molar-refractivity contribution in [2.45, 2.75) is 20.3 Å². The summed E-state index contributed by atoms with van der Waals surface area (Å²) in [6, 6.07) is 0. The van der Waals surface area contributed by atoms with Gasteiger partial charge in [-0.15, -0.1) is 11.3 Å². The molecule has 0 saturated heterocycles. The maximum absolute atomic E-state index is 11.0. The number of carbonyl (C=O) groups is 1. The normalized spacial score (nSPS) is 11.0. The highest BCUT2D eigenvalue weighted by Gasteiger charge is 2.19. The fourth-order valence-electron chi connectivity index (χ4n) is 1.51. The Labute approximate surface area is 84.8 Å². The molecule has 0 radical (unpaired) electrons. The summed E-state index contributed by atoms with van der Waals surface area (Å²) >= 11 is 1.47. The van der Waals surface area contributed by atoms with Crippen LogP contribution in [0.4, 0.5) is 0 Å². The third kappa shape index (κ3) is 1.13. The lowest BCUT2D eigenvalue weighted by molar-refractivity contribution is 0.0688. The van der Waals surface area contributed by atoms with E-state index >= 15 is 0 Å². The second-order valence-electron chi connectivity index (χ2n) is 3.06. The Bertz CT molecular complexity index is 498. The first-order valence-electron chi connectivity index (χ1n) is 4.33. The molecule has 0 aliphatic heterocycles. The summed E-state index contributed by atoms with van der Waals surface area (Å²) in [4.78, 5) is 16.1. The van der Waals surface area contributed by atoms with E-state index in [0.29, 0.717) is 17.8 Å². The van der Waals surface area contributed by atoms with E-state index in [2.05, 4.69) is 4.98 Å². The SMILES string of the molecule is CCc1nc2scc(C)n2c1C(=O)O. The molecule has 0 aromatic carbocycles. The van der Waals surface area contributed by atoms with Crippen molar-refractivity contribution in [3.05, 3.63) is 22.5 Å². The predicted octanol–water partition coefficient (Wildman–Crippen LogP) is 1.96. The van der Waals surface area contributed by atoms with Gasteiger partial charge in [-0.2, -0.15) is 0 Å². The second-order valence-corrected chi connectivity index (χ2v) is 3.90. The Morgan fingerprint density at radius 3 is 3.00 bits per heavy atom. The number of aromatic nitrogens is 2. The minimum absolute atomic E-state index is 0.307. The van der Waals surface area contributed by atoms with Crippen molar-refractivity contribution in [3.63, 3.8) is 0 Å². The molecule has 0 bridgehead atoms. The van der Waals surface area contributed by atoms with Crippen LogP contribution in [0.3, 0.4) is 0 Å². The molecule has 4 nitrogen and oxygen atoms in total. The van der Waals surface area contributed by atoms with Crippen LogP contribution < -0.4 is 0 Å². The van der Waals surface area contributed by atoms with Gasteiger partial charge in [-0.05, 0) is 13.3 Å². The zero-order valence-electron chi connectivity index (χ0n) is 7.94. The van der Waals surface area contributed by atoms with E-state index in [0.717, 1.165) is 10.7 Å². The van der Waals surface area contributed by atoms with Crippen LogP contribution in [0.1, 0.15) is 28.8 Å². The number of aromatic carboxylic acids is 1. The number of nitrogens with zero attached hydrogens (tertiary/aromatic N) is 2. The van der Waals surface area contributed by atoms with Crippen molar-refractivity contribution in [3.8, 4) is 0 Å². The first-order valence-corrected chi connectivity index (χ1v) is 5.21. The van der Waals surface area contributed by atoms with E-state index in [1.54, 1.807) is 4.40 Å². The summed E-state index contributed by atoms with van der Waals surface area (Å²) in [6.45, 7) is 3.80. The van der Waals surface area contributed by atoms with Crippen molar-refractivity contribution in [2.75, 3.05) is 0 Å². The summed E-state index contributed by atoms with van der Waals surface area (Å²) in [5.41, 5.74) is 1.89. The van der Waals surface area contributed by atoms with E-state index < -0.39 is 5.97 Å². The van der Waals surface area contributed by atoms with E-state index in [4.69, 9.17) is 5.11 Å². The van der Waals surface area contributed by atoms with Gasteiger partial charge in [0.25, 0.3) is 0 Å². The molecule has 2 rings (SSSR count). The van der Waals surface area contributed by atoms with Crippen LogP contribution in [0, 0.1) is 6.92 Å². The predicted molar refractivity (Wildman–Crippen MR) is 54.1 cm³/mol. The summed E-state index contributed by atoms with van der Waals surface area (Å²) in [5, 5.41) is 11.0. The largest absolute Gasteiger partial charge is 0.477 e. The van der Waals surface area contributed by atoms with Crippen LogP contribution in [0.5, 0.6) is 0 Å². The van der Waals surface area contributed by atoms with Gasteiger partial charge in [0.2, 0.25) is 0 Å². The Morgan fingerprint density at radius 2 is 2.43 bits per heavy atom. The molecule has 2 aromatic heterocycles. The van der Waals surface area contributed by atoms with Crippen molar-refractivity contribution >= 4 is 22.3 Å². The molecule has 74 valence electrons. The molecule has 14 heavy (non-hydrogen) atoms.